The Hall–Kier alpha value is -0.970. The number of hydrogen-bond donors (Lipinski definition) is 2. The molecule has 0 saturated carbocycles. The number of nitrogens with one attached hydrogen (secondary N) is 2. The molecule has 1 aliphatic rings. The monoisotopic (exact) mass is 330 g/mol. The van der Waals surface area contributed by atoms with Crippen molar-refractivity contribution in [2.24, 2.45) is 0 Å². The molecule has 1 aromatic rings. The highest BCUT2D eigenvalue weighted by Gasteiger charge is 2.23. The lowest BCUT2D eigenvalue weighted by molar-refractivity contribution is -0.121. The highest BCUT2D eigenvalue weighted by molar-refractivity contribution is 6.35. The molecule has 116 valence electrons. The zero-order valence-corrected chi connectivity index (χ0v) is 13.6. The smallest absolute Gasteiger partial charge is 0.221 e. The van der Waals surface area contributed by atoms with E-state index in [0.717, 1.165) is 24.9 Å². The molecule has 0 aromatic heterocycles. The van der Waals surface area contributed by atoms with Gasteiger partial charge in [-0.05, 0) is 18.6 Å². The Bertz CT molecular complexity index is 509. The van der Waals surface area contributed by atoms with Gasteiger partial charge >= 0.3 is 0 Å². The number of amides is 1. The summed E-state index contributed by atoms with van der Waals surface area (Å²) in [5.74, 6) is 0.765. The summed E-state index contributed by atoms with van der Waals surface area (Å²) < 4.78 is 5.61. The maximum atomic E-state index is 11.6. The summed E-state index contributed by atoms with van der Waals surface area (Å²) in [6, 6.07) is 3.67. The zero-order chi connectivity index (χ0) is 15.2. The first-order chi connectivity index (χ1) is 10.1. The van der Waals surface area contributed by atoms with E-state index in [1.165, 1.54) is 0 Å². The van der Waals surface area contributed by atoms with Crippen LogP contribution in [0.1, 0.15) is 37.8 Å². The van der Waals surface area contributed by atoms with Crippen LogP contribution in [0, 0.1) is 0 Å². The highest BCUT2D eigenvalue weighted by Crippen LogP contribution is 2.39. The van der Waals surface area contributed by atoms with Gasteiger partial charge in [0.25, 0.3) is 0 Å². The number of hydrogen-bond acceptors (Lipinski definition) is 3. The molecule has 1 atom stereocenters. The van der Waals surface area contributed by atoms with Crippen molar-refractivity contribution in [1.29, 1.82) is 0 Å². The summed E-state index contributed by atoms with van der Waals surface area (Å²) in [4.78, 5) is 11.6. The molecule has 21 heavy (non-hydrogen) atoms. The van der Waals surface area contributed by atoms with Gasteiger partial charge in [-0.25, -0.2) is 0 Å². The molecule has 0 saturated heterocycles. The van der Waals surface area contributed by atoms with Gasteiger partial charge in [-0.1, -0.05) is 30.1 Å². The third-order valence-corrected chi connectivity index (χ3v) is 3.88. The van der Waals surface area contributed by atoms with E-state index in [1.54, 1.807) is 6.07 Å². The van der Waals surface area contributed by atoms with Gasteiger partial charge in [-0.15, -0.1) is 0 Å². The predicted octanol–water partition coefficient (Wildman–Crippen LogP) is 3.32. The van der Waals surface area contributed by atoms with Crippen LogP contribution in [0.15, 0.2) is 12.1 Å². The van der Waals surface area contributed by atoms with E-state index in [0.29, 0.717) is 35.4 Å². The Morgan fingerprint density at radius 1 is 1.38 bits per heavy atom. The van der Waals surface area contributed by atoms with E-state index >= 15 is 0 Å². The summed E-state index contributed by atoms with van der Waals surface area (Å²) in [7, 11) is 0. The molecular formula is C15H20Cl2N2O2. The molecule has 1 aliphatic heterocycles. The molecular weight excluding hydrogens is 311 g/mol. The minimum atomic E-state index is 0.0701. The number of fused-ring (bicyclic) bond motifs is 1. The second kappa shape index (κ2) is 7.87. The fraction of sp³-hybridized carbons (Fsp3) is 0.533. The van der Waals surface area contributed by atoms with Crippen LogP contribution in [0.4, 0.5) is 0 Å². The maximum absolute atomic E-state index is 11.6. The van der Waals surface area contributed by atoms with E-state index in [1.807, 2.05) is 13.0 Å². The van der Waals surface area contributed by atoms with E-state index in [-0.39, 0.29) is 11.9 Å². The van der Waals surface area contributed by atoms with Gasteiger partial charge in [0, 0.05) is 42.6 Å². The lowest BCUT2D eigenvalue weighted by Crippen LogP contribution is -2.32. The first-order valence-electron chi connectivity index (χ1n) is 7.23. The van der Waals surface area contributed by atoms with Crippen LogP contribution in [0.25, 0.3) is 0 Å². The van der Waals surface area contributed by atoms with Crippen molar-refractivity contribution in [2.75, 3.05) is 19.7 Å². The van der Waals surface area contributed by atoms with E-state index in [4.69, 9.17) is 27.9 Å². The molecule has 0 radical (unpaired) electrons. The Morgan fingerprint density at radius 2 is 2.19 bits per heavy atom. The van der Waals surface area contributed by atoms with Gasteiger partial charge < -0.3 is 15.4 Å². The van der Waals surface area contributed by atoms with Crippen molar-refractivity contribution >= 4 is 29.1 Å². The van der Waals surface area contributed by atoms with Crippen molar-refractivity contribution in [1.82, 2.24) is 10.6 Å². The second-order valence-electron chi connectivity index (χ2n) is 5.05. The van der Waals surface area contributed by atoms with Crippen LogP contribution in [0.5, 0.6) is 5.75 Å². The van der Waals surface area contributed by atoms with Crippen LogP contribution in [-0.2, 0) is 4.79 Å². The summed E-state index contributed by atoms with van der Waals surface area (Å²) in [5.41, 5.74) is 0.965. The molecule has 0 spiro atoms. The number of benzene rings is 1. The third-order valence-electron chi connectivity index (χ3n) is 3.38. The Morgan fingerprint density at radius 3 is 2.95 bits per heavy atom. The number of carbonyl (C=O) groups is 1. The molecule has 2 rings (SSSR count). The predicted molar refractivity (Wildman–Crippen MR) is 85.2 cm³/mol. The minimum Gasteiger partial charge on any atom is -0.492 e. The molecule has 1 amide bonds. The van der Waals surface area contributed by atoms with Crippen molar-refractivity contribution in [3.63, 3.8) is 0 Å². The summed E-state index contributed by atoms with van der Waals surface area (Å²) in [5, 5.41) is 7.37. The first kappa shape index (κ1) is 16.4. The third kappa shape index (κ3) is 4.50. The maximum Gasteiger partial charge on any atom is 0.221 e. The van der Waals surface area contributed by atoms with Crippen LogP contribution in [0.2, 0.25) is 10.0 Å². The van der Waals surface area contributed by atoms with Gasteiger partial charge in [0.1, 0.15) is 5.75 Å². The summed E-state index contributed by atoms with van der Waals surface area (Å²) >= 11 is 12.2. The molecule has 4 nitrogen and oxygen atoms in total. The molecule has 2 N–H and O–H groups in total. The Balaban J connectivity index is 1.93. The Kier molecular flexibility index (Phi) is 6.15. The number of ether oxygens (including phenoxy) is 1. The van der Waals surface area contributed by atoms with Gasteiger partial charge in [0.2, 0.25) is 5.91 Å². The summed E-state index contributed by atoms with van der Waals surface area (Å²) in [6.45, 7) is 3.98. The molecule has 0 bridgehead atoms. The standard InChI is InChI=1S/C15H20Cl2N2O2/c1-2-5-19-14(20)3-6-18-13-4-7-21-15-11(13)8-10(16)9-12(15)17/h8-9,13,18H,2-7H2,1H3,(H,19,20). The largest absolute Gasteiger partial charge is 0.492 e. The van der Waals surface area contributed by atoms with Gasteiger partial charge in [0.05, 0.1) is 11.6 Å². The number of rotatable bonds is 6. The molecule has 1 aromatic carbocycles. The lowest BCUT2D eigenvalue weighted by Gasteiger charge is -2.27. The van der Waals surface area contributed by atoms with Crippen molar-refractivity contribution < 1.29 is 9.53 Å². The molecule has 0 aliphatic carbocycles. The fourth-order valence-electron chi connectivity index (χ4n) is 2.35. The highest BCUT2D eigenvalue weighted by atomic mass is 35.5. The average molecular weight is 331 g/mol. The van der Waals surface area contributed by atoms with Gasteiger partial charge in [0.15, 0.2) is 0 Å². The van der Waals surface area contributed by atoms with Gasteiger partial charge in [-0.2, -0.15) is 0 Å². The SMILES string of the molecule is CCCNC(=O)CCNC1CCOc2c(Cl)cc(Cl)cc21. The van der Waals surface area contributed by atoms with Gasteiger partial charge in [-0.3, -0.25) is 4.79 Å². The topological polar surface area (TPSA) is 50.4 Å². The van der Waals surface area contributed by atoms with Crippen molar-refractivity contribution in [3.8, 4) is 5.75 Å². The minimum absolute atomic E-state index is 0.0701. The molecule has 1 heterocycles. The van der Waals surface area contributed by atoms with E-state index < -0.39 is 0 Å². The van der Waals surface area contributed by atoms with Crippen LogP contribution >= 0.6 is 23.2 Å². The fourth-order valence-corrected chi connectivity index (χ4v) is 2.91. The van der Waals surface area contributed by atoms with E-state index in [9.17, 15) is 4.79 Å². The Labute approximate surface area is 135 Å². The van der Waals surface area contributed by atoms with Crippen LogP contribution in [0.3, 0.4) is 0 Å². The van der Waals surface area contributed by atoms with Crippen molar-refractivity contribution in [3.05, 3.63) is 27.7 Å². The lowest BCUT2D eigenvalue weighted by atomic mass is 10.0. The van der Waals surface area contributed by atoms with Crippen LogP contribution < -0.4 is 15.4 Å². The zero-order valence-electron chi connectivity index (χ0n) is 12.0. The summed E-state index contributed by atoms with van der Waals surface area (Å²) in [6.07, 6.45) is 2.24. The molecule has 6 heteroatoms. The first-order valence-corrected chi connectivity index (χ1v) is 7.99. The molecule has 0 fully saturated rings. The number of halogens is 2. The van der Waals surface area contributed by atoms with Crippen molar-refractivity contribution in [2.45, 2.75) is 32.2 Å². The average Bonchev–Trinajstić information content (AvgIpc) is 2.45. The normalized spacial score (nSPS) is 17.0. The van der Waals surface area contributed by atoms with E-state index in [2.05, 4.69) is 10.6 Å². The van der Waals surface area contributed by atoms with Crippen LogP contribution in [-0.4, -0.2) is 25.6 Å². The quantitative estimate of drug-likeness (QED) is 0.841. The number of carbonyl (C=O) groups excluding carboxylic acids is 1. The molecule has 1 unspecified atom stereocenters. The second-order valence-corrected chi connectivity index (χ2v) is 5.89.